The molecule has 1 aliphatic heterocycles. The van der Waals surface area contributed by atoms with Crippen LogP contribution in [0.15, 0.2) is 24.5 Å². The number of aromatic nitrogens is 2. The van der Waals surface area contributed by atoms with Gasteiger partial charge in [-0.25, -0.2) is 4.98 Å². The quantitative estimate of drug-likeness (QED) is 0.664. The van der Waals surface area contributed by atoms with Crippen LogP contribution < -0.4 is 5.73 Å². The first kappa shape index (κ1) is 16.5. The zero-order chi connectivity index (χ0) is 17.6. The molecule has 5 N–H and O–H groups in total. The second-order valence-electron chi connectivity index (χ2n) is 6.75. The number of fused-ring (bicyclic) bond motifs is 1. The number of hydrogen-bond acceptors (Lipinski definition) is 6. The maximum Gasteiger partial charge on any atom is 0.164 e. The van der Waals surface area contributed by atoms with Gasteiger partial charge in [0.15, 0.2) is 6.23 Å². The van der Waals surface area contributed by atoms with Gasteiger partial charge in [0.2, 0.25) is 0 Å². The maximum absolute atomic E-state index is 10.4. The smallest absolute Gasteiger partial charge is 0.164 e. The number of pyridine rings is 1. The van der Waals surface area contributed by atoms with Gasteiger partial charge in [-0.05, 0) is 37.3 Å². The van der Waals surface area contributed by atoms with Crippen LogP contribution in [0.1, 0.15) is 37.5 Å². The summed E-state index contributed by atoms with van der Waals surface area (Å²) >= 11 is 0. The first-order valence-electron chi connectivity index (χ1n) is 8.68. The standard InChI is InChI=1S/C18H23N3O4/c19-12-6-7-20-17-14(12)11(10-4-2-1-3-5-10)8-21(17)18-16(24)15(23)13(9-22)25-18/h4,6-8,13,15-16,18,22-24H,1-3,5,9H2,(H2,19,20)/t13-,15-,16-,18-/m1/s1. The Hall–Kier alpha value is -1.93. The SMILES string of the molecule is Nc1ccnc2c1c(C1=CCCCC1)cn2[C@@H]1O[C@H](CO)[C@@H](O)[C@H]1O. The Morgan fingerprint density at radius 3 is 2.80 bits per heavy atom. The number of hydrogen-bond donors (Lipinski definition) is 4. The fraction of sp³-hybridized carbons (Fsp3) is 0.500. The van der Waals surface area contributed by atoms with E-state index in [0.717, 1.165) is 30.2 Å². The van der Waals surface area contributed by atoms with E-state index < -0.39 is 24.5 Å². The van der Waals surface area contributed by atoms with Gasteiger partial charge in [0, 0.05) is 29.0 Å². The van der Waals surface area contributed by atoms with Crippen molar-refractivity contribution >= 4 is 22.3 Å². The van der Waals surface area contributed by atoms with Crippen molar-refractivity contribution in [2.24, 2.45) is 0 Å². The van der Waals surface area contributed by atoms with Gasteiger partial charge in [0.25, 0.3) is 0 Å². The zero-order valence-corrected chi connectivity index (χ0v) is 13.9. The third-order valence-electron chi connectivity index (χ3n) is 5.17. The van der Waals surface area contributed by atoms with Crippen LogP contribution in [0.2, 0.25) is 0 Å². The summed E-state index contributed by atoms with van der Waals surface area (Å²) in [5.41, 5.74) is 9.67. The van der Waals surface area contributed by atoms with Crippen LogP contribution >= 0.6 is 0 Å². The molecule has 0 bridgehead atoms. The van der Waals surface area contributed by atoms with E-state index in [-0.39, 0.29) is 6.61 Å². The Labute approximate surface area is 145 Å². The van der Waals surface area contributed by atoms with E-state index in [1.807, 2.05) is 6.20 Å². The number of nitrogens with zero attached hydrogens (tertiary/aromatic N) is 2. The molecular formula is C18H23N3O4. The molecule has 3 heterocycles. The first-order chi connectivity index (χ1) is 12.1. The van der Waals surface area contributed by atoms with Crippen molar-refractivity contribution in [2.75, 3.05) is 12.3 Å². The lowest BCUT2D eigenvalue weighted by Gasteiger charge is -2.17. The summed E-state index contributed by atoms with van der Waals surface area (Å²) < 4.78 is 7.40. The van der Waals surface area contributed by atoms with Gasteiger partial charge in [0.1, 0.15) is 24.0 Å². The molecule has 0 unspecified atom stereocenters. The van der Waals surface area contributed by atoms with Crippen molar-refractivity contribution in [2.45, 2.75) is 50.2 Å². The van der Waals surface area contributed by atoms with Crippen LogP contribution in [0.25, 0.3) is 16.6 Å². The monoisotopic (exact) mass is 345 g/mol. The number of ether oxygens (including phenoxy) is 1. The van der Waals surface area contributed by atoms with Gasteiger partial charge in [-0.15, -0.1) is 0 Å². The molecule has 0 amide bonds. The molecule has 0 spiro atoms. The Bertz CT molecular complexity index is 816. The lowest BCUT2D eigenvalue weighted by Crippen LogP contribution is -2.33. The number of aliphatic hydroxyl groups is 3. The second kappa shape index (κ2) is 6.42. The Kier molecular flexibility index (Phi) is 4.24. The molecule has 2 aromatic heterocycles. The average molecular weight is 345 g/mol. The molecular weight excluding hydrogens is 322 g/mol. The summed E-state index contributed by atoms with van der Waals surface area (Å²) in [5.74, 6) is 0. The minimum absolute atomic E-state index is 0.360. The van der Waals surface area contributed by atoms with Crippen LogP contribution in [0.4, 0.5) is 5.69 Å². The molecule has 0 saturated carbocycles. The summed E-state index contributed by atoms with van der Waals surface area (Å²) in [6.45, 7) is -0.360. The Balaban J connectivity index is 1.85. The normalized spacial score (nSPS) is 30.0. The number of nitrogens with two attached hydrogens (primary N) is 1. The maximum atomic E-state index is 10.4. The van der Waals surface area contributed by atoms with Gasteiger partial charge >= 0.3 is 0 Å². The van der Waals surface area contributed by atoms with Gasteiger partial charge < -0.3 is 30.4 Å². The molecule has 134 valence electrons. The summed E-state index contributed by atoms with van der Waals surface area (Å²) in [6, 6.07) is 1.76. The van der Waals surface area contributed by atoms with E-state index in [1.54, 1.807) is 16.8 Å². The summed E-state index contributed by atoms with van der Waals surface area (Å²) in [5, 5.41) is 30.6. The molecule has 4 atom stereocenters. The fourth-order valence-electron chi connectivity index (χ4n) is 3.83. The van der Waals surface area contributed by atoms with Crippen molar-refractivity contribution in [1.29, 1.82) is 0 Å². The van der Waals surface area contributed by atoms with E-state index in [2.05, 4.69) is 11.1 Å². The average Bonchev–Trinajstić information content (AvgIpc) is 3.15. The van der Waals surface area contributed by atoms with Crippen LogP contribution in [0.5, 0.6) is 0 Å². The lowest BCUT2D eigenvalue weighted by atomic mass is 9.93. The third kappa shape index (κ3) is 2.64. The molecule has 7 nitrogen and oxygen atoms in total. The zero-order valence-electron chi connectivity index (χ0n) is 13.9. The summed E-state index contributed by atoms with van der Waals surface area (Å²) in [6.07, 6.45) is 6.14. The van der Waals surface area contributed by atoms with Gasteiger partial charge in [-0.3, -0.25) is 0 Å². The van der Waals surface area contributed by atoms with Crippen LogP contribution in [0.3, 0.4) is 0 Å². The summed E-state index contributed by atoms with van der Waals surface area (Å²) in [7, 11) is 0. The molecule has 7 heteroatoms. The van der Waals surface area contributed by atoms with Crippen molar-refractivity contribution in [3.63, 3.8) is 0 Å². The number of rotatable bonds is 3. The lowest BCUT2D eigenvalue weighted by molar-refractivity contribution is -0.0508. The molecule has 2 aliphatic rings. The molecule has 1 aliphatic carbocycles. The van der Waals surface area contributed by atoms with Gasteiger partial charge in [0.05, 0.1) is 6.61 Å². The molecule has 4 rings (SSSR count). The topological polar surface area (TPSA) is 114 Å². The van der Waals surface area contributed by atoms with Gasteiger partial charge in [-0.2, -0.15) is 0 Å². The molecule has 2 aromatic rings. The molecule has 1 fully saturated rings. The number of aliphatic hydroxyl groups excluding tert-OH is 3. The van der Waals surface area contributed by atoms with E-state index in [1.165, 1.54) is 12.0 Å². The van der Waals surface area contributed by atoms with E-state index >= 15 is 0 Å². The van der Waals surface area contributed by atoms with Crippen molar-refractivity contribution in [3.8, 4) is 0 Å². The molecule has 1 saturated heterocycles. The second-order valence-corrected chi connectivity index (χ2v) is 6.75. The highest BCUT2D eigenvalue weighted by atomic mass is 16.6. The van der Waals surface area contributed by atoms with Crippen molar-refractivity contribution < 1.29 is 20.1 Å². The number of anilines is 1. The van der Waals surface area contributed by atoms with Crippen LogP contribution in [-0.4, -0.2) is 49.8 Å². The van der Waals surface area contributed by atoms with E-state index in [4.69, 9.17) is 10.5 Å². The number of nitrogen functional groups attached to an aromatic ring is 1. The Morgan fingerprint density at radius 1 is 1.28 bits per heavy atom. The highest BCUT2D eigenvalue weighted by molar-refractivity contribution is 5.99. The largest absolute Gasteiger partial charge is 0.398 e. The predicted octanol–water partition coefficient (Wildman–Crippen LogP) is 1.19. The van der Waals surface area contributed by atoms with Crippen LogP contribution in [0, 0.1) is 0 Å². The Morgan fingerprint density at radius 2 is 2.12 bits per heavy atom. The molecule has 0 radical (unpaired) electrons. The summed E-state index contributed by atoms with van der Waals surface area (Å²) in [4.78, 5) is 4.43. The van der Waals surface area contributed by atoms with Crippen molar-refractivity contribution in [1.82, 2.24) is 9.55 Å². The minimum atomic E-state index is -1.15. The predicted molar refractivity (Wildman–Crippen MR) is 93.6 cm³/mol. The van der Waals surface area contributed by atoms with E-state index in [0.29, 0.717) is 11.3 Å². The van der Waals surface area contributed by atoms with Crippen molar-refractivity contribution in [3.05, 3.63) is 30.1 Å². The first-order valence-corrected chi connectivity index (χ1v) is 8.68. The fourth-order valence-corrected chi connectivity index (χ4v) is 3.83. The number of allylic oxidation sites excluding steroid dienone is 2. The third-order valence-corrected chi connectivity index (χ3v) is 5.17. The minimum Gasteiger partial charge on any atom is -0.398 e. The molecule has 0 aromatic carbocycles. The van der Waals surface area contributed by atoms with Gasteiger partial charge in [-0.1, -0.05) is 6.08 Å². The van der Waals surface area contributed by atoms with E-state index in [9.17, 15) is 15.3 Å². The highest BCUT2D eigenvalue weighted by Gasteiger charge is 2.44. The molecule has 25 heavy (non-hydrogen) atoms. The highest BCUT2D eigenvalue weighted by Crippen LogP contribution is 2.39. The van der Waals surface area contributed by atoms with Crippen LogP contribution in [-0.2, 0) is 4.74 Å².